The average Bonchev–Trinajstić information content (AvgIpc) is 2.10. The van der Waals surface area contributed by atoms with Crippen LogP contribution >= 0.6 is 11.6 Å². The van der Waals surface area contributed by atoms with Gasteiger partial charge in [0.2, 0.25) is 5.91 Å². The minimum atomic E-state index is -0.292. The summed E-state index contributed by atoms with van der Waals surface area (Å²) >= 11 is 5.70. The Morgan fingerprint density at radius 2 is 2.29 bits per heavy atom. The minimum absolute atomic E-state index is 0.118. The molecule has 2 nitrogen and oxygen atoms in total. The van der Waals surface area contributed by atoms with E-state index in [-0.39, 0.29) is 11.7 Å². The molecule has 0 saturated carbocycles. The predicted molar refractivity (Wildman–Crippen MR) is 53.8 cm³/mol. The van der Waals surface area contributed by atoms with Gasteiger partial charge in [-0.1, -0.05) is 11.6 Å². The lowest BCUT2D eigenvalue weighted by molar-refractivity contribution is -0.118. The molecule has 0 unspecified atom stereocenters. The van der Waals surface area contributed by atoms with Gasteiger partial charge in [-0.2, -0.15) is 0 Å². The highest BCUT2D eigenvalue weighted by atomic mass is 35.5. The van der Waals surface area contributed by atoms with Gasteiger partial charge in [-0.05, 0) is 30.2 Å². The van der Waals surface area contributed by atoms with Crippen LogP contribution in [0, 0.1) is 5.82 Å². The fraction of sp³-hybridized carbons (Fsp3) is 0.300. The number of benzene rings is 1. The summed E-state index contributed by atoms with van der Waals surface area (Å²) in [6, 6.07) is 4.39. The number of hydrogen-bond donors (Lipinski definition) is 1. The Balaban J connectivity index is 2.57. The summed E-state index contributed by atoms with van der Waals surface area (Å²) < 4.78 is 13.1. The summed E-state index contributed by atoms with van der Waals surface area (Å²) in [5.41, 5.74) is 0.520. The van der Waals surface area contributed by atoms with Crippen molar-refractivity contribution in [2.24, 2.45) is 0 Å². The number of nitrogens with one attached hydrogen (secondary N) is 1. The lowest BCUT2D eigenvalue weighted by Gasteiger charge is -2.04. The summed E-state index contributed by atoms with van der Waals surface area (Å²) in [5, 5.41) is 3.10. The Morgan fingerprint density at radius 1 is 1.57 bits per heavy atom. The van der Waals surface area contributed by atoms with Crippen molar-refractivity contribution in [3.05, 3.63) is 34.6 Å². The summed E-state index contributed by atoms with van der Waals surface area (Å²) in [4.78, 5) is 10.6. The van der Waals surface area contributed by atoms with Gasteiger partial charge in [0.05, 0.1) is 0 Å². The molecule has 0 atom stereocenters. The monoisotopic (exact) mass is 215 g/mol. The third kappa shape index (κ3) is 3.34. The Morgan fingerprint density at radius 3 is 2.93 bits per heavy atom. The zero-order valence-corrected chi connectivity index (χ0v) is 8.57. The highest BCUT2D eigenvalue weighted by Crippen LogP contribution is 2.14. The number of halogens is 2. The molecular formula is C10H11ClFNO. The number of amides is 1. The van der Waals surface area contributed by atoms with Crippen molar-refractivity contribution in [1.82, 2.24) is 5.32 Å². The van der Waals surface area contributed by atoms with Gasteiger partial charge in [0.1, 0.15) is 5.82 Å². The molecule has 0 aliphatic carbocycles. The second kappa shape index (κ2) is 4.96. The summed E-state index contributed by atoms with van der Waals surface area (Å²) in [7, 11) is 0. The first-order valence-corrected chi connectivity index (χ1v) is 4.66. The molecular weight excluding hydrogens is 205 g/mol. The van der Waals surface area contributed by atoms with Gasteiger partial charge in [-0.3, -0.25) is 4.79 Å². The third-order valence-electron chi connectivity index (χ3n) is 1.78. The molecule has 0 spiro atoms. The third-order valence-corrected chi connectivity index (χ3v) is 2.01. The van der Waals surface area contributed by atoms with E-state index in [1.807, 2.05) is 0 Å². The molecule has 1 aromatic carbocycles. The SMILES string of the molecule is CC(=O)NCCc1cc(Cl)ccc1F. The zero-order chi connectivity index (χ0) is 10.6. The second-order valence-corrected chi connectivity index (χ2v) is 3.41. The lowest BCUT2D eigenvalue weighted by atomic mass is 10.1. The number of carbonyl (C=O) groups is 1. The van der Waals surface area contributed by atoms with Crippen LogP contribution in [-0.2, 0) is 11.2 Å². The number of hydrogen-bond acceptors (Lipinski definition) is 1. The van der Waals surface area contributed by atoms with Crippen LogP contribution in [0.15, 0.2) is 18.2 Å². The molecule has 0 saturated heterocycles. The van der Waals surface area contributed by atoms with Crippen molar-refractivity contribution >= 4 is 17.5 Å². The molecule has 1 amide bonds. The normalized spacial score (nSPS) is 9.93. The molecule has 0 aliphatic heterocycles. The van der Waals surface area contributed by atoms with Gasteiger partial charge in [0, 0.05) is 18.5 Å². The average molecular weight is 216 g/mol. The van der Waals surface area contributed by atoms with Gasteiger partial charge in [-0.25, -0.2) is 4.39 Å². The lowest BCUT2D eigenvalue weighted by Crippen LogP contribution is -2.22. The highest BCUT2D eigenvalue weighted by Gasteiger charge is 2.02. The molecule has 14 heavy (non-hydrogen) atoms. The minimum Gasteiger partial charge on any atom is -0.356 e. The fourth-order valence-corrected chi connectivity index (χ4v) is 1.30. The first-order valence-electron chi connectivity index (χ1n) is 4.28. The van der Waals surface area contributed by atoms with Gasteiger partial charge < -0.3 is 5.32 Å². The van der Waals surface area contributed by atoms with Crippen molar-refractivity contribution in [3.8, 4) is 0 Å². The first-order chi connectivity index (χ1) is 6.59. The van der Waals surface area contributed by atoms with Crippen LogP contribution in [0.25, 0.3) is 0 Å². The number of carbonyl (C=O) groups excluding carboxylic acids is 1. The Bertz CT molecular complexity index is 341. The van der Waals surface area contributed by atoms with E-state index in [9.17, 15) is 9.18 Å². The van der Waals surface area contributed by atoms with Crippen LogP contribution in [0.4, 0.5) is 4.39 Å². The van der Waals surface area contributed by atoms with Crippen molar-refractivity contribution in [3.63, 3.8) is 0 Å². The fourth-order valence-electron chi connectivity index (χ4n) is 1.11. The maximum Gasteiger partial charge on any atom is 0.216 e. The van der Waals surface area contributed by atoms with Crippen LogP contribution in [0.1, 0.15) is 12.5 Å². The molecule has 0 aliphatic rings. The van der Waals surface area contributed by atoms with E-state index >= 15 is 0 Å². The van der Waals surface area contributed by atoms with E-state index in [4.69, 9.17) is 11.6 Å². The quantitative estimate of drug-likeness (QED) is 0.823. The molecule has 0 radical (unpaired) electrons. The van der Waals surface area contributed by atoms with E-state index in [2.05, 4.69) is 5.32 Å². The van der Waals surface area contributed by atoms with Gasteiger partial charge in [0.15, 0.2) is 0 Å². The van der Waals surface area contributed by atoms with Crippen molar-refractivity contribution < 1.29 is 9.18 Å². The van der Waals surface area contributed by atoms with Crippen LogP contribution in [0.3, 0.4) is 0 Å². The molecule has 0 heterocycles. The Labute approximate surface area is 87.1 Å². The Kier molecular flexibility index (Phi) is 3.89. The highest BCUT2D eigenvalue weighted by molar-refractivity contribution is 6.30. The smallest absolute Gasteiger partial charge is 0.216 e. The van der Waals surface area contributed by atoms with Crippen molar-refractivity contribution in [1.29, 1.82) is 0 Å². The number of rotatable bonds is 3. The molecule has 0 bridgehead atoms. The van der Waals surface area contributed by atoms with Crippen LogP contribution in [0.2, 0.25) is 5.02 Å². The van der Waals surface area contributed by atoms with Crippen LogP contribution < -0.4 is 5.32 Å². The van der Waals surface area contributed by atoms with E-state index in [0.717, 1.165) is 0 Å². The molecule has 4 heteroatoms. The first kappa shape index (κ1) is 11.0. The topological polar surface area (TPSA) is 29.1 Å². The molecule has 76 valence electrons. The van der Waals surface area contributed by atoms with Gasteiger partial charge in [0.25, 0.3) is 0 Å². The van der Waals surface area contributed by atoms with Crippen LogP contribution in [0.5, 0.6) is 0 Å². The zero-order valence-electron chi connectivity index (χ0n) is 7.81. The summed E-state index contributed by atoms with van der Waals surface area (Å²) in [6.07, 6.45) is 0.450. The second-order valence-electron chi connectivity index (χ2n) is 2.97. The van der Waals surface area contributed by atoms with E-state index < -0.39 is 0 Å². The van der Waals surface area contributed by atoms with Crippen molar-refractivity contribution in [2.45, 2.75) is 13.3 Å². The molecule has 1 rings (SSSR count). The molecule has 0 aromatic heterocycles. The Hall–Kier alpha value is -1.09. The van der Waals surface area contributed by atoms with Gasteiger partial charge >= 0.3 is 0 Å². The standard InChI is InChI=1S/C10H11ClFNO/c1-7(14)13-5-4-8-6-9(11)2-3-10(8)12/h2-3,6H,4-5H2,1H3,(H,13,14). The van der Waals surface area contributed by atoms with Gasteiger partial charge in [-0.15, -0.1) is 0 Å². The maximum absolute atomic E-state index is 13.1. The maximum atomic E-state index is 13.1. The molecule has 1 N–H and O–H groups in total. The van der Waals surface area contributed by atoms with E-state index in [1.54, 1.807) is 6.07 Å². The van der Waals surface area contributed by atoms with Crippen LogP contribution in [-0.4, -0.2) is 12.5 Å². The largest absolute Gasteiger partial charge is 0.356 e. The van der Waals surface area contributed by atoms with E-state index in [0.29, 0.717) is 23.6 Å². The molecule has 1 aromatic rings. The van der Waals surface area contributed by atoms with E-state index in [1.165, 1.54) is 19.1 Å². The predicted octanol–water partition coefficient (Wildman–Crippen LogP) is 2.16. The summed E-state index contributed by atoms with van der Waals surface area (Å²) in [6.45, 7) is 1.85. The van der Waals surface area contributed by atoms with Crippen molar-refractivity contribution in [2.75, 3.05) is 6.54 Å². The summed E-state index contributed by atoms with van der Waals surface area (Å²) in [5.74, 6) is -0.410. The molecule has 0 fully saturated rings.